The highest BCUT2D eigenvalue weighted by molar-refractivity contribution is 5.12. The smallest absolute Gasteiger partial charge is 0.0921 e. The molecule has 1 nitrogen and oxygen atoms in total. The van der Waals surface area contributed by atoms with Gasteiger partial charge in [0.05, 0.1) is 12.2 Å². The molecular formula is C25H42O. The molecule has 0 radical (unpaired) electrons. The van der Waals surface area contributed by atoms with Crippen molar-refractivity contribution in [3.63, 3.8) is 0 Å². The van der Waals surface area contributed by atoms with E-state index >= 15 is 0 Å². The lowest BCUT2D eigenvalue weighted by Gasteiger charge is -2.58. The van der Waals surface area contributed by atoms with E-state index in [0.29, 0.717) is 10.8 Å². The maximum absolute atomic E-state index is 5.96. The molecule has 4 saturated carbocycles. The van der Waals surface area contributed by atoms with Crippen LogP contribution in [0.3, 0.4) is 0 Å². The van der Waals surface area contributed by atoms with Crippen molar-refractivity contribution in [3.8, 4) is 0 Å². The molecule has 0 amide bonds. The Morgan fingerprint density at radius 3 is 2.35 bits per heavy atom. The van der Waals surface area contributed by atoms with Gasteiger partial charge in [0.2, 0.25) is 0 Å². The Morgan fingerprint density at radius 1 is 0.846 bits per heavy atom. The molecule has 0 bridgehead atoms. The van der Waals surface area contributed by atoms with Gasteiger partial charge in [-0.05, 0) is 117 Å². The molecule has 5 aliphatic rings. The summed E-state index contributed by atoms with van der Waals surface area (Å²) in [4.78, 5) is 0. The first-order valence-electron chi connectivity index (χ1n) is 12.0. The van der Waals surface area contributed by atoms with E-state index in [1.54, 1.807) is 25.7 Å². The zero-order chi connectivity index (χ0) is 18.2. The SMILES string of the molecule is CCC[C@@]1(C)CC[C@H]2[C@H](CC[C@@H]3[C@@H]2CC[C@]2(C)[C@@H](C4(C)CO4)CC[C@@H]32)C1. The number of fused-ring (bicyclic) bond motifs is 5. The lowest BCUT2D eigenvalue weighted by Crippen LogP contribution is -2.50. The molecule has 0 aromatic rings. The van der Waals surface area contributed by atoms with Crippen molar-refractivity contribution in [1.29, 1.82) is 0 Å². The minimum absolute atomic E-state index is 0.250. The van der Waals surface area contributed by atoms with Gasteiger partial charge in [0.25, 0.3) is 0 Å². The molecule has 5 fully saturated rings. The van der Waals surface area contributed by atoms with E-state index in [1.165, 1.54) is 44.9 Å². The van der Waals surface area contributed by atoms with Gasteiger partial charge >= 0.3 is 0 Å². The van der Waals surface area contributed by atoms with E-state index in [4.69, 9.17) is 4.74 Å². The number of rotatable bonds is 3. The molecule has 1 heterocycles. The van der Waals surface area contributed by atoms with Crippen LogP contribution in [0.2, 0.25) is 0 Å². The second-order valence-electron chi connectivity index (χ2n) is 12.0. The number of hydrogen-bond acceptors (Lipinski definition) is 1. The van der Waals surface area contributed by atoms with E-state index in [1.807, 2.05) is 0 Å². The molecular weight excluding hydrogens is 316 g/mol. The van der Waals surface area contributed by atoms with Crippen LogP contribution >= 0.6 is 0 Å². The van der Waals surface area contributed by atoms with Crippen LogP contribution in [-0.4, -0.2) is 12.2 Å². The van der Waals surface area contributed by atoms with Gasteiger partial charge in [-0.3, -0.25) is 0 Å². The van der Waals surface area contributed by atoms with Crippen molar-refractivity contribution in [2.75, 3.05) is 6.61 Å². The fourth-order valence-corrected chi connectivity index (χ4v) is 9.34. The second-order valence-corrected chi connectivity index (χ2v) is 12.0. The van der Waals surface area contributed by atoms with Crippen LogP contribution in [-0.2, 0) is 4.74 Å². The normalized spacial score (nSPS) is 58.6. The molecule has 148 valence electrons. The summed E-state index contributed by atoms with van der Waals surface area (Å²) in [5.74, 6) is 6.13. The lowest BCUT2D eigenvalue weighted by atomic mass is 9.47. The quantitative estimate of drug-likeness (QED) is 0.502. The van der Waals surface area contributed by atoms with Crippen molar-refractivity contribution in [2.45, 2.75) is 104 Å². The van der Waals surface area contributed by atoms with Gasteiger partial charge < -0.3 is 4.74 Å². The third kappa shape index (κ3) is 2.58. The van der Waals surface area contributed by atoms with Crippen LogP contribution in [0.4, 0.5) is 0 Å². The number of ether oxygens (including phenoxy) is 1. The van der Waals surface area contributed by atoms with Crippen molar-refractivity contribution >= 4 is 0 Å². The van der Waals surface area contributed by atoms with Crippen molar-refractivity contribution in [1.82, 2.24) is 0 Å². The lowest BCUT2D eigenvalue weighted by molar-refractivity contribution is -0.0852. The second kappa shape index (κ2) is 5.98. The molecule has 1 aliphatic heterocycles. The largest absolute Gasteiger partial charge is 0.370 e. The van der Waals surface area contributed by atoms with Gasteiger partial charge in [0.1, 0.15) is 0 Å². The van der Waals surface area contributed by atoms with Crippen LogP contribution in [0.1, 0.15) is 98.3 Å². The summed E-state index contributed by atoms with van der Waals surface area (Å²) in [5, 5.41) is 0. The topological polar surface area (TPSA) is 12.5 Å². The summed E-state index contributed by atoms with van der Waals surface area (Å²) >= 11 is 0. The Balaban J connectivity index is 1.33. The highest BCUT2D eigenvalue weighted by Gasteiger charge is 2.63. The number of epoxide rings is 1. The van der Waals surface area contributed by atoms with Crippen LogP contribution in [0.15, 0.2) is 0 Å². The summed E-state index contributed by atoms with van der Waals surface area (Å²) in [6.45, 7) is 11.1. The maximum atomic E-state index is 5.96. The Kier molecular flexibility index (Phi) is 4.14. The Bertz CT molecular complexity index is 550. The first-order valence-corrected chi connectivity index (χ1v) is 12.0. The average Bonchev–Trinajstić information content (AvgIpc) is 3.23. The first-order chi connectivity index (χ1) is 12.4. The zero-order valence-corrected chi connectivity index (χ0v) is 17.9. The summed E-state index contributed by atoms with van der Waals surface area (Å²) in [5.41, 5.74) is 1.51. The zero-order valence-electron chi connectivity index (χ0n) is 17.9. The summed E-state index contributed by atoms with van der Waals surface area (Å²) in [7, 11) is 0. The van der Waals surface area contributed by atoms with Crippen molar-refractivity contribution in [3.05, 3.63) is 0 Å². The molecule has 0 spiro atoms. The minimum atomic E-state index is 0.250. The average molecular weight is 359 g/mol. The molecule has 5 rings (SSSR count). The fraction of sp³-hybridized carbons (Fsp3) is 1.00. The van der Waals surface area contributed by atoms with E-state index < -0.39 is 0 Å². The molecule has 1 saturated heterocycles. The van der Waals surface area contributed by atoms with Gasteiger partial charge in [-0.2, -0.15) is 0 Å². The highest BCUT2D eigenvalue weighted by atomic mass is 16.6. The molecule has 4 aliphatic carbocycles. The van der Waals surface area contributed by atoms with E-state index in [2.05, 4.69) is 27.7 Å². The van der Waals surface area contributed by atoms with Gasteiger partial charge in [-0.25, -0.2) is 0 Å². The van der Waals surface area contributed by atoms with Crippen LogP contribution < -0.4 is 0 Å². The molecule has 1 heteroatoms. The molecule has 0 aromatic carbocycles. The van der Waals surface area contributed by atoms with Crippen LogP contribution in [0.5, 0.6) is 0 Å². The van der Waals surface area contributed by atoms with Gasteiger partial charge in [0, 0.05) is 0 Å². The molecule has 0 aromatic heterocycles. The van der Waals surface area contributed by atoms with Crippen molar-refractivity contribution in [2.24, 2.45) is 46.3 Å². The summed E-state index contributed by atoms with van der Waals surface area (Å²) in [6.07, 6.45) is 16.6. The fourth-order valence-electron chi connectivity index (χ4n) is 9.34. The predicted molar refractivity (Wildman–Crippen MR) is 108 cm³/mol. The number of hydrogen-bond donors (Lipinski definition) is 0. The standard InChI is InChI=1S/C25H42O/c1-5-12-23(2)13-10-18-17(15-23)6-7-20-19(18)11-14-24(3)21(20)8-9-22(24)25(4)16-26-25/h17-22H,5-16H2,1-4H3/t17-,18+,19-,20-,21+,22+,23+,24+,25?/m1/s1. The van der Waals surface area contributed by atoms with Gasteiger partial charge in [-0.15, -0.1) is 0 Å². The Morgan fingerprint density at radius 2 is 1.62 bits per heavy atom. The molecule has 0 N–H and O–H groups in total. The summed E-state index contributed by atoms with van der Waals surface area (Å²) < 4.78 is 5.96. The summed E-state index contributed by atoms with van der Waals surface area (Å²) in [6, 6.07) is 0. The maximum Gasteiger partial charge on any atom is 0.0921 e. The molecule has 9 atom stereocenters. The highest BCUT2D eigenvalue weighted by Crippen LogP contribution is 2.68. The van der Waals surface area contributed by atoms with Crippen LogP contribution in [0, 0.1) is 46.3 Å². The van der Waals surface area contributed by atoms with Crippen LogP contribution in [0.25, 0.3) is 0 Å². The third-order valence-corrected chi connectivity index (χ3v) is 10.5. The molecule has 1 unspecified atom stereocenters. The van der Waals surface area contributed by atoms with E-state index in [-0.39, 0.29) is 5.60 Å². The third-order valence-electron chi connectivity index (χ3n) is 10.5. The van der Waals surface area contributed by atoms with Crippen molar-refractivity contribution < 1.29 is 4.74 Å². The van der Waals surface area contributed by atoms with Gasteiger partial charge in [0.15, 0.2) is 0 Å². The Labute approximate surface area is 162 Å². The Hall–Kier alpha value is -0.0400. The molecule has 26 heavy (non-hydrogen) atoms. The van der Waals surface area contributed by atoms with E-state index in [9.17, 15) is 0 Å². The first kappa shape index (κ1) is 18.0. The van der Waals surface area contributed by atoms with Gasteiger partial charge in [-0.1, -0.05) is 27.2 Å². The predicted octanol–water partition coefficient (Wildman–Crippen LogP) is 6.85. The van der Waals surface area contributed by atoms with E-state index in [0.717, 1.165) is 42.1 Å². The minimum Gasteiger partial charge on any atom is -0.370 e. The monoisotopic (exact) mass is 358 g/mol.